The SMILES string of the molecule is CN1CCC(CN(C)C(=O)c2c[nH]c3ccccc3c2=O)CC1. The van der Waals surface area contributed by atoms with Crippen molar-refractivity contribution in [3.63, 3.8) is 0 Å². The number of rotatable bonds is 3. The van der Waals surface area contributed by atoms with Crippen LogP contribution in [0, 0.1) is 5.92 Å². The van der Waals surface area contributed by atoms with E-state index in [-0.39, 0.29) is 16.9 Å². The van der Waals surface area contributed by atoms with Gasteiger partial charge in [0.05, 0.1) is 0 Å². The maximum Gasteiger partial charge on any atom is 0.259 e. The summed E-state index contributed by atoms with van der Waals surface area (Å²) in [6.07, 6.45) is 3.74. The Morgan fingerprint density at radius 2 is 2.00 bits per heavy atom. The number of likely N-dealkylation sites (tertiary alicyclic amines) is 1. The van der Waals surface area contributed by atoms with Crippen LogP contribution in [-0.2, 0) is 0 Å². The Bertz CT molecular complexity index is 760. The molecule has 5 heteroatoms. The van der Waals surface area contributed by atoms with Crippen LogP contribution in [0.2, 0.25) is 0 Å². The van der Waals surface area contributed by atoms with Gasteiger partial charge in [-0.2, -0.15) is 0 Å². The monoisotopic (exact) mass is 313 g/mol. The molecule has 1 aliphatic heterocycles. The summed E-state index contributed by atoms with van der Waals surface area (Å²) >= 11 is 0. The first-order valence-corrected chi connectivity index (χ1v) is 8.10. The first-order valence-electron chi connectivity index (χ1n) is 8.10. The highest BCUT2D eigenvalue weighted by Gasteiger charge is 2.22. The maximum atomic E-state index is 12.6. The van der Waals surface area contributed by atoms with Gasteiger partial charge in [-0.1, -0.05) is 12.1 Å². The molecule has 1 aromatic carbocycles. The minimum atomic E-state index is -0.198. The first-order chi connectivity index (χ1) is 11.1. The standard InChI is InChI=1S/C18H23N3O2/c1-20-9-7-13(8-10-20)12-21(2)18(23)15-11-19-16-6-4-3-5-14(16)17(15)22/h3-6,11,13H,7-10,12H2,1-2H3,(H,19,22). The van der Waals surface area contributed by atoms with Crippen molar-refractivity contribution in [3.8, 4) is 0 Å². The summed E-state index contributed by atoms with van der Waals surface area (Å²) in [6.45, 7) is 2.85. The van der Waals surface area contributed by atoms with Gasteiger partial charge in [0.2, 0.25) is 5.43 Å². The lowest BCUT2D eigenvalue weighted by Crippen LogP contribution is -2.39. The van der Waals surface area contributed by atoms with Crippen molar-refractivity contribution in [2.75, 3.05) is 33.7 Å². The van der Waals surface area contributed by atoms with Crippen molar-refractivity contribution in [2.24, 2.45) is 5.92 Å². The van der Waals surface area contributed by atoms with E-state index in [0.717, 1.165) is 31.4 Å². The third kappa shape index (κ3) is 3.29. The molecule has 1 amide bonds. The number of aromatic nitrogens is 1. The van der Waals surface area contributed by atoms with Crippen molar-refractivity contribution in [2.45, 2.75) is 12.8 Å². The van der Waals surface area contributed by atoms with Crippen molar-refractivity contribution in [1.82, 2.24) is 14.8 Å². The average Bonchev–Trinajstić information content (AvgIpc) is 2.57. The van der Waals surface area contributed by atoms with Crippen molar-refractivity contribution >= 4 is 16.8 Å². The zero-order chi connectivity index (χ0) is 16.4. The molecular weight excluding hydrogens is 290 g/mol. The van der Waals surface area contributed by atoms with Crippen molar-refractivity contribution < 1.29 is 4.79 Å². The van der Waals surface area contributed by atoms with Crippen molar-refractivity contribution in [3.05, 3.63) is 46.2 Å². The summed E-state index contributed by atoms with van der Waals surface area (Å²) in [7, 11) is 3.91. The predicted octanol–water partition coefficient (Wildman–Crippen LogP) is 1.94. The van der Waals surface area contributed by atoms with Gasteiger partial charge in [-0.3, -0.25) is 9.59 Å². The summed E-state index contributed by atoms with van der Waals surface area (Å²) in [6, 6.07) is 7.27. The molecule has 2 heterocycles. The number of hydrogen-bond donors (Lipinski definition) is 1. The lowest BCUT2D eigenvalue weighted by Gasteiger charge is -2.31. The molecular formula is C18H23N3O2. The molecule has 3 rings (SSSR count). The van der Waals surface area contributed by atoms with E-state index in [9.17, 15) is 9.59 Å². The largest absolute Gasteiger partial charge is 0.360 e. The number of pyridine rings is 1. The smallest absolute Gasteiger partial charge is 0.259 e. The van der Waals surface area contributed by atoms with E-state index in [1.807, 2.05) is 18.2 Å². The summed E-state index contributed by atoms with van der Waals surface area (Å²) < 4.78 is 0. The third-order valence-electron chi connectivity index (χ3n) is 4.74. The molecule has 1 saturated heterocycles. The van der Waals surface area contributed by atoms with Gasteiger partial charge in [0.25, 0.3) is 5.91 Å². The minimum absolute atomic E-state index is 0.195. The highest BCUT2D eigenvalue weighted by molar-refractivity contribution is 5.96. The number of benzene rings is 1. The first kappa shape index (κ1) is 15.7. The molecule has 0 saturated carbocycles. The molecule has 0 spiro atoms. The summed E-state index contributed by atoms with van der Waals surface area (Å²) in [5, 5.41) is 0.561. The van der Waals surface area contributed by atoms with Crippen LogP contribution in [0.15, 0.2) is 35.3 Å². The number of H-pyrrole nitrogens is 1. The summed E-state index contributed by atoms with van der Waals surface area (Å²) in [5.74, 6) is 0.315. The molecule has 1 fully saturated rings. The quantitative estimate of drug-likeness (QED) is 0.942. The van der Waals surface area contributed by atoms with Gasteiger partial charge in [0.15, 0.2) is 0 Å². The second-order valence-electron chi connectivity index (χ2n) is 6.51. The summed E-state index contributed by atoms with van der Waals surface area (Å²) in [4.78, 5) is 32.2. The number of amides is 1. The highest BCUT2D eigenvalue weighted by atomic mass is 16.2. The zero-order valence-electron chi connectivity index (χ0n) is 13.7. The number of nitrogens with zero attached hydrogens (tertiary/aromatic N) is 2. The normalized spacial score (nSPS) is 16.6. The number of carbonyl (C=O) groups excluding carboxylic acids is 1. The minimum Gasteiger partial charge on any atom is -0.360 e. The second kappa shape index (κ2) is 6.54. The second-order valence-corrected chi connectivity index (χ2v) is 6.51. The van der Waals surface area contributed by atoms with Gasteiger partial charge in [0.1, 0.15) is 5.56 Å². The Kier molecular flexibility index (Phi) is 4.48. The van der Waals surface area contributed by atoms with Crippen LogP contribution in [0.25, 0.3) is 10.9 Å². The molecule has 2 aromatic rings. The van der Waals surface area contributed by atoms with E-state index >= 15 is 0 Å². The molecule has 0 bridgehead atoms. The number of piperidine rings is 1. The van der Waals surface area contributed by atoms with E-state index in [4.69, 9.17) is 0 Å². The molecule has 0 radical (unpaired) electrons. The van der Waals surface area contributed by atoms with Crippen LogP contribution >= 0.6 is 0 Å². The Morgan fingerprint density at radius 3 is 2.74 bits per heavy atom. The Labute approximate surface area is 135 Å². The topological polar surface area (TPSA) is 56.4 Å². The number of fused-ring (bicyclic) bond motifs is 1. The lowest BCUT2D eigenvalue weighted by molar-refractivity contribution is 0.0746. The van der Waals surface area contributed by atoms with E-state index in [0.29, 0.717) is 17.8 Å². The van der Waals surface area contributed by atoms with Gasteiger partial charge in [-0.15, -0.1) is 0 Å². The zero-order valence-corrected chi connectivity index (χ0v) is 13.7. The van der Waals surface area contributed by atoms with Gasteiger partial charge in [0, 0.05) is 30.7 Å². The van der Waals surface area contributed by atoms with E-state index in [1.54, 1.807) is 18.0 Å². The van der Waals surface area contributed by atoms with E-state index < -0.39 is 0 Å². The lowest BCUT2D eigenvalue weighted by atomic mass is 9.96. The number of para-hydroxylation sites is 1. The third-order valence-corrected chi connectivity index (χ3v) is 4.74. The van der Waals surface area contributed by atoms with Crippen LogP contribution < -0.4 is 5.43 Å². The molecule has 1 aromatic heterocycles. The van der Waals surface area contributed by atoms with Crippen LogP contribution in [0.4, 0.5) is 0 Å². The predicted molar refractivity (Wildman–Crippen MR) is 91.8 cm³/mol. The van der Waals surface area contributed by atoms with Gasteiger partial charge >= 0.3 is 0 Å². The molecule has 122 valence electrons. The Balaban J connectivity index is 1.77. The van der Waals surface area contributed by atoms with Gasteiger partial charge < -0.3 is 14.8 Å². The average molecular weight is 313 g/mol. The van der Waals surface area contributed by atoms with Crippen LogP contribution in [-0.4, -0.2) is 54.4 Å². The van der Waals surface area contributed by atoms with E-state index in [2.05, 4.69) is 16.9 Å². The molecule has 1 N–H and O–H groups in total. The molecule has 23 heavy (non-hydrogen) atoms. The van der Waals surface area contributed by atoms with Crippen LogP contribution in [0.3, 0.4) is 0 Å². The fourth-order valence-electron chi connectivity index (χ4n) is 3.25. The maximum absolute atomic E-state index is 12.6. The molecule has 0 atom stereocenters. The number of aromatic amines is 1. The molecule has 5 nitrogen and oxygen atoms in total. The Hall–Kier alpha value is -2.14. The Morgan fingerprint density at radius 1 is 1.30 bits per heavy atom. The van der Waals surface area contributed by atoms with Crippen LogP contribution in [0.1, 0.15) is 23.2 Å². The molecule has 1 aliphatic rings. The van der Waals surface area contributed by atoms with E-state index in [1.165, 1.54) is 6.20 Å². The highest BCUT2D eigenvalue weighted by Crippen LogP contribution is 2.17. The van der Waals surface area contributed by atoms with Crippen molar-refractivity contribution in [1.29, 1.82) is 0 Å². The molecule has 0 unspecified atom stereocenters. The fraction of sp³-hybridized carbons (Fsp3) is 0.444. The number of carbonyl (C=O) groups is 1. The number of nitrogens with one attached hydrogen (secondary N) is 1. The van der Waals surface area contributed by atoms with Gasteiger partial charge in [-0.25, -0.2) is 0 Å². The van der Waals surface area contributed by atoms with Crippen LogP contribution in [0.5, 0.6) is 0 Å². The summed E-state index contributed by atoms with van der Waals surface area (Å²) in [5.41, 5.74) is 0.783. The molecule has 0 aliphatic carbocycles. The van der Waals surface area contributed by atoms with Gasteiger partial charge in [-0.05, 0) is 51.0 Å². The fourth-order valence-corrected chi connectivity index (χ4v) is 3.25. The number of hydrogen-bond acceptors (Lipinski definition) is 3.